The summed E-state index contributed by atoms with van der Waals surface area (Å²) in [5.41, 5.74) is 0.907. The molecular formula is C16H20N4O2S. The summed E-state index contributed by atoms with van der Waals surface area (Å²) in [5, 5.41) is 15.7. The molecule has 0 radical (unpaired) electrons. The minimum absolute atomic E-state index is 0.134. The Morgan fingerprint density at radius 3 is 2.83 bits per heavy atom. The minimum Gasteiger partial charge on any atom is -0.378 e. The quantitative estimate of drug-likeness (QED) is 0.893. The minimum atomic E-state index is -0.335. The van der Waals surface area contributed by atoms with Gasteiger partial charge in [-0.15, -0.1) is 10.2 Å². The van der Waals surface area contributed by atoms with E-state index in [9.17, 15) is 4.79 Å². The van der Waals surface area contributed by atoms with Crippen molar-refractivity contribution in [2.24, 2.45) is 0 Å². The lowest BCUT2D eigenvalue weighted by molar-refractivity contribution is -0.120. The van der Waals surface area contributed by atoms with Crippen molar-refractivity contribution in [2.75, 3.05) is 25.1 Å². The molecule has 7 heteroatoms. The molecule has 1 atom stereocenters. The smallest absolute Gasteiger partial charge is 0.245 e. The van der Waals surface area contributed by atoms with Gasteiger partial charge in [-0.1, -0.05) is 41.7 Å². The van der Waals surface area contributed by atoms with E-state index < -0.39 is 0 Å². The zero-order valence-electron chi connectivity index (χ0n) is 13.2. The number of anilines is 1. The van der Waals surface area contributed by atoms with Gasteiger partial charge in [0.05, 0.1) is 13.2 Å². The Hall–Kier alpha value is -1.83. The number of carbonyl (C=O) groups is 1. The molecule has 23 heavy (non-hydrogen) atoms. The number of amides is 1. The summed E-state index contributed by atoms with van der Waals surface area (Å²) < 4.78 is 5.30. The fourth-order valence-electron chi connectivity index (χ4n) is 2.43. The fourth-order valence-corrected chi connectivity index (χ4v) is 3.30. The molecule has 2 aromatic rings. The first-order valence-corrected chi connectivity index (χ1v) is 8.40. The second-order valence-electron chi connectivity index (χ2n) is 5.97. The third-order valence-corrected chi connectivity index (χ3v) is 5.09. The number of hydrogen-bond acceptors (Lipinski definition) is 6. The van der Waals surface area contributed by atoms with Crippen LogP contribution in [0.2, 0.25) is 0 Å². The molecule has 1 saturated heterocycles. The Morgan fingerprint density at radius 2 is 2.13 bits per heavy atom. The van der Waals surface area contributed by atoms with Crippen LogP contribution >= 0.6 is 11.3 Å². The topological polar surface area (TPSA) is 76.1 Å². The molecule has 1 aromatic carbocycles. The number of nitrogens with one attached hydrogen (secondary N) is 2. The van der Waals surface area contributed by atoms with Crippen molar-refractivity contribution in [2.45, 2.75) is 25.3 Å². The lowest BCUT2D eigenvalue weighted by atomic mass is 9.85. The number of ether oxygens (including phenoxy) is 1. The van der Waals surface area contributed by atoms with E-state index in [1.54, 1.807) is 0 Å². The summed E-state index contributed by atoms with van der Waals surface area (Å²) >= 11 is 1.40. The van der Waals surface area contributed by atoms with Crippen molar-refractivity contribution in [3.8, 4) is 0 Å². The highest BCUT2D eigenvalue weighted by Crippen LogP contribution is 2.34. The standard InChI is InChI=1S/C16H20N4O2S/c1-16(2,11-6-4-3-5-7-11)14-19-20-15(23-14)18-13(21)12-10-22-9-8-17-12/h3-7,12,17H,8-10H2,1-2H3,(H,18,20,21). The Morgan fingerprint density at radius 1 is 1.35 bits per heavy atom. The Labute approximate surface area is 139 Å². The Balaban J connectivity index is 1.71. The van der Waals surface area contributed by atoms with Crippen LogP contribution < -0.4 is 10.6 Å². The molecule has 0 spiro atoms. The molecule has 0 bridgehead atoms. The molecule has 1 unspecified atom stereocenters. The summed E-state index contributed by atoms with van der Waals surface area (Å²) in [6.45, 7) is 5.90. The lowest BCUT2D eigenvalue weighted by Crippen LogP contribution is -2.48. The summed E-state index contributed by atoms with van der Waals surface area (Å²) in [5.74, 6) is -0.134. The van der Waals surface area contributed by atoms with Gasteiger partial charge in [-0.05, 0) is 19.4 Å². The van der Waals surface area contributed by atoms with E-state index in [2.05, 4.69) is 46.8 Å². The van der Waals surface area contributed by atoms with Crippen LogP contribution in [-0.4, -0.2) is 41.9 Å². The monoisotopic (exact) mass is 332 g/mol. The van der Waals surface area contributed by atoms with Gasteiger partial charge in [-0.25, -0.2) is 0 Å². The second kappa shape index (κ2) is 6.74. The third kappa shape index (κ3) is 3.57. The molecular weight excluding hydrogens is 312 g/mol. The predicted molar refractivity (Wildman–Crippen MR) is 89.7 cm³/mol. The van der Waals surface area contributed by atoms with Crippen LogP contribution in [0.5, 0.6) is 0 Å². The molecule has 3 rings (SSSR count). The molecule has 122 valence electrons. The zero-order valence-corrected chi connectivity index (χ0v) is 14.0. The number of benzene rings is 1. The van der Waals surface area contributed by atoms with Gasteiger partial charge in [0.2, 0.25) is 11.0 Å². The number of nitrogens with zero attached hydrogens (tertiary/aromatic N) is 2. The van der Waals surface area contributed by atoms with Gasteiger partial charge in [0, 0.05) is 12.0 Å². The van der Waals surface area contributed by atoms with Gasteiger partial charge >= 0.3 is 0 Å². The highest BCUT2D eigenvalue weighted by molar-refractivity contribution is 7.15. The molecule has 2 N–H and O–H groups in total. The van der Waals surface area contributed by atoms with E-state index in [1.807, 2.05) is 18.2 Å². The maximum atomic E-state index is 12.2. The summed E-state index contributed by atoms with van der Waals surface area (Å²) in [4.78, 5) is 12.2. The predicted octanol–water partition coefficient (Wildman–Crippen LogP) is 1.79. The lowest BCUT2D eigenvalue weighted by Gasteiger charge is -2.22. The molecule has 1 amide bonds. The Bertz CT molecular complexity index is 666. The zero-order chi connectivity index (χ0) is 16.3. The maximum absolute atomic E-state index is 12.2. The van der Waals surface area contributed by atoms with Crippen LogP contribution in [-0.2, 0) is 14.9 Å². The molecule has 0 aliphatic carbocycles. The van der Waals surface area contributed by atoms with Gasteiger partial charge in [-0.3, -0.25) is 10.1 Å². The summed E-state index contributed by atoms with van der Waals surface area (Å²) in [6, 6.07) is 9.82. The van der Waals surface area contributed by atoms with Crippen molar-refractivity contribution in [3.63, 3.8) is 0 Å². The first-order valence-electron chi connectivity index (χ1n) is 7.59. The van der Waals surface area contributed by atoms with Crippen molar-refractivity contribution in [1.82, 2.24) is 15.5 Å². The second-order valence-corrected chi connectivity index (χ2v) is 6.95. The number of carbonyl (C=O) groups excluding carboxylic acids is 1. The molecule has 1 aliphatic rings. The van der Waals surface area contributed by atoms with Crippen molar-refractivity contribution in [1.29, 1.82) is 0 Å². The number of hydrogen-bond donors (Lipinski definition) is 2. The van der Waals surface area contributed by atoms with Gasteiger partial charge < -0.3 is 10.1 Å². The summed E-state index contributed by atoms with van der Waals surface area (Å²) in [7, 11) is 0. The molecule has 1 fully saturated rings. The molecule has 6 nitrogen and oxygen atoms in total. The van der Waals surface area contributed by atoms with Crippen LogP contribution in [0.25, 0.3) is 0 Å². The Kier molecular flexibility index (Phi) is 4.70. The SMILES string of the molecule is CC(C)(c1ccccc1)c1nnc(NC(=O)C2COCCN2)s1. The molecule has 1 aromatic heterocycles. The van der Waals surface area contributed by atoms with E-state index in [1.165, 1.54) is 11.3 Å². The fraction of sp³-hybridized carbons (Fsp3) is 0.438. The maximum Gasteiger partial charge on any atom is 0.245 e. The van der Waals surface area contributed by atoms with Crippen LogP contribution in [0.3, 0.4) is 0 Å². The van der Waals surface area contributed by atoms with Crippen LogP contribution in [0.4, 0.5) is 5.13 Å². The average Bonchev–Trinajstić information content (AvgIpc) is 3.06. The number of morpholine rings is 1. The highest BCUT2D eigenvalue weighted by atomic mass is 32.1. The first kappa shape index (κ1) is 16.0. The van der Waals surface area contributed by atoms with Gasteiger partial charge in [-0.2, -0.15) is 0 Å². The van der Waals surface area contributed by atoms with E-state index in [-0.39, 0.29) is 17.4 Å². The average molecular weight is 332 g/mol. The van der Waals surface area contributed by atoms with E-state index >= 15 is 0 Å². The first-order chi connectivity index (χ1) is 11.1. The number of rotatable bonds is 4. The highest BCUT2D eigenvalue weighted by Gasteiger charge is 2.28. The van der Waals surface area contributed by atoms with Crippen LogP contribution in [0.15, 0.2) is 30.3 Å². The normalized spacial score (nSPS) is 18.6. The van der Waals surface area contributed by atoms with Crippen LogP contribution in [0.1, 0.15) is 24.4 Å². The molecule has 0 saturated carbocycles. The van der Waals surface area contributed by atoms with Crippen molar-refractivity contribution >= 4 is 22.4 Å². The molecule has 2 heterocycles. The molecule has 1 aliphatic heterocycles. The van der Waals surface area contributed by atoms with E-state index in [0.29, 0.717) is 24.9 Å². The van der Waals surface area contributed by atoms with E-state index in [4.69, 9.17) is 4.74 Å². The largest absolute Gasteiger partial charge is 0.378 e. The van der Waals surface area contributed by atoms with Crippen LogP contribution in [0, 0.1) is 0 Å². The van der Waals surface area contributed by atoms with Crippen molar-refractivity contribution in [3.05, 3.63) is 40.9 Å². The van der Waals surface area contributed by atoms with E-state index in [0.717, 1.165) is 10.6 Å². The van der Waals surface area contributed by atoms with Gasteiger partial charge in [0.15, 0.2) is 0 Å². The summed E-state index contributed by atoms with van der Waals surface area (Å²) in [6.07, 6.45) is 0. The number of aromatic nitrogens is 2. The van der Waals surface area contributed by atoms with Gasteiger partial charge in [0.25, 0.3) is 0 Å². The third-order valence-electron chi connectivity index (χ3n) is 3.92. The van der Waals surface area contributed by atoms with Crippen molar-refractivity contribution < 1.29 is 9.53 Å². The van der Waals surface area contributed by atoms with Gasteiger partial charge in [0.1, 0.15) is 11.0 Å².